The molecule has 2 aliphatic rings. The Morgan fingerprint density at radius 3 is 2.34 bits per heavy atom. The second-order valence-corrected chi connectivity index (χ2v) is 9.59. The van der Waals surface area contributed by atoms with E-state index in [0.717, 1.165) is 27.5 Å². The molecule has 3 aromatic carbocycles. The molecule has 0 aliphatic carbocycles. The van der Waals surface area contributed by atoms with Gasteiger partial charge in [-0.1, -0.05) is 55.1 Å². The SMILES string of the molecule is CCc1ccc(N2C(=O)C3=C(C2=O)[C@@H](c2ccc(SC)cc2)Nc2ccccc2S3)cc1. The Kier molecular flexibility index (Phi) is 5.57. The van der Waals surface area contributed by atoms with E-state index in [1.54, 1.807) is 11.8 Å². The highest BCUT2D eigenvalue weighted by Crippen LogP contribution is 2.48. The molecule has 1 atom stereocenters. The van der Waals surface area contributed by atoms with Crippen molar-refractivity contribution in [3.63, 3.8) is 0 Å². The van der Waals surface area contributed by atoms with Gasteiger partial charge in [-0.05, 0) is 60.2 Å². The molecule has 3 aromatic rings. The van der Waals surface area contributed by atoms with Gasteiger partial charge in [-0.15, -0.1) is 11.8 Å². The van der Waals surface area contributed by atoms with Gasteiger partial charge in [-0.25, -0.2) is 4.90 Å². The Labute approximate surface area is 196 Å². The summed E-state index contributed by atoms with van der Waals surface area (Å²) >= 11 is 3.05. The van der Waals surface area contributed by atoms with Crippen LogP contribution in [0.15, 0.2) is 93.1 Å². The van der Waals surface area contributed by atoms with Crippen molar-refractivity contribution in [2.24, 2.45) is 0 Å². The van der Waals surface area contributed by atoms with E-state index in [1.165, 1.54) is 22.2 Å². The number of rotatable bonds is 4. The van der Waals surface area contributed by atoms with Gasteiger partial charge in [0.05, 0.1) is 22.2 Å². The first-order valence-corrected chi connectivity index (χ1v) is 12.5. The van der Waals surface area contributed by atoms with Gasteiger partial charge in [-0.2, -0.15) is 0 Å². The lowest BCUT2D eigenvalue weighted by Crippen LogP contribution is -2.33. The smallest absolute Gasteiger partial charge is 0.272 e. The summed E-state index contributed by atoms with van der Waals surface area (Å²) in [6.07, 6.45) is 2.94. The summed E-state index contributed by atoms with van der Waals surface area (Å²) in [6.45, 7) is 2.08. The van der Waals surface area contributed by atoms with Crippen LogP contribution in [0.1, 0.15) is 24.1 Å². The van der Waals surface area contributed by atoms with Crippen molar-refractivity contribution in [2.75, 3.05) is 16.5 Å². The standard InChI is InChI=1S/C26H22N2O2S2/c1-3-16-8-12-18(13-9-16)28-25(29)22-23(17-10-14-19(31-2)15-11-17)27-20-6-4-5-7-21(20)32-24(22)26(28)30/h4-15,23,27H,3H2,1-2H3/t23-/m1/s1. The number of hydrogen-bond acceptors (Lipinski definition) is 5. The summed E-state index contributed by atoms with van der Waals surface area (Å²) in [6, 6.07) is 23.3. The van der Waals surface area contributed by atoms with Crippen LogP contribution in [0.25, 0.3) is 0 Å². The van der Waals surface area contributed by atoms with Gasteiger partial charge in [0.2, 0.25) is 0 Å². The number of para-hydroxylation sites is 1. The monoisotopic (exact) mass is 458 g/mol. The molecule has 0 aromatic heterocycles. The Hall–Kier alpha value is -2.96. The average molecular weight is 459 g/mol. The van der Waals surface area contributed by atoms with Crippen LogP contribution in [0.4, 0.5) is 11.4 Å². The minimum Gasteiger partial charge on any atom is -0.373 e. The number of carbonyl (C=O) groups excluding carboxylic acids is 2. The van der Waals surface area contributed by atoms with E-state index in [1.807, 2.05) is 79.1 Å². The fourth-order valence-electron chi connectivity index (χ4n) is 4.05. The van der Waals surface area contributed by atoms with E-state index < -0.39 is 6.04 Å². The number of nitrogens with one attached hydrogen (secondary N) is 1. The lowest BCUT2D eigenvalue weighted by Gasteiger charge is -2.23. The van der Waals surface area contributed by atoms with E-state index in [4.69, 9.17) is 0 Å². The van der Waals surface area contributed by atoms with Gasteiger partial charge in [0, 0.05) is 15.5 Å². The summed E-state index contributed by atoms with van der Waals surface area (Å²) in [7, 11) is 0. The summed E-state index contributed by atoms with van der Waals surface area (Å²) < 4.78 is 0. The highest BCUT2D eigenvalue weighted by atomic mass is 32.2. The van der Waals surface area contributed by atoms with Crippen molar-refractivity contribution in [1.82, 2.24) is 0 Å². The molecule has 0 spiro atoms. The number of hydrogen-bond donors (Lipinski definition) is 1. The van der Waals surface area contributed by atoms with Crippen molar-refractivity contribution in [3.8, 4) is 0 Å². The zero-order chi connectivity index (χ0) is 22.2. The molecule has 1 N–H and O–H groups in total. The molecule has 0 saturated carbocycles. The van der Waals surface area contributed by atoms with Crippen LogP contribution < -0.4 is 10.2 Å². The molecular weight excluding hydrogens is 436 g/mol. The maximum atomic E-state index is 13.7. The number of nitrogens with zero attached hydrogens (tertiary/aromatic N) is 1. The topological polar surface area (TPSA) is 49.4 Å². The van der Waals surface area contributed by atoms with Crippen LogP contribution in [0, 0.1) is 0 Å². The molecule has 0 bridgehead atoms. The zero-order valence-electron chi connectivity index (χ0n) is 17.8. The van der Waals surface area contributed by atoms with E-state index >= 15 is 0 Å². The molecule has 2 heterocycles. The average Bonchev–Trinajstić information content (AvgIpc) is 2.98. The lowest BCUT2D eigenvalue weighted by atomic mass is 9.98. The Morgan fingerprint density at radius 1 is 0.938 bits per heavy atom. The van der Waals surface area contributed by atoms with Crippen LogP contribution in [-0.2, 0) is 16.0 Å². The highest BCUT2D eigenvalue weighted by Gasteiger charge is 2.45. The quantitative estimate of drug-likeness (QED) is 0.381. The second-order valence-electron chi connectivity index (χ2n) is 7.66. The molecule has 0 unspecified atom stereocenters. The third-order valence-electron chi connectivity index (χ3n) is 5.81. The Morgan fingerprint density at radius 2 is 1.66 bits per heavy atom. The zero-order valence-corrected chi connectivity index (χ0v) is 19.4. The summed E-state index contributed by atoms with van der Waals surface area (Å²) in [5, 5.41) is 3.54. The van der Waals surface area contributed by atoms with E-state index in [0.29, 0.717) is 16.2 Å². The Bertz CT molecular complexity index is 1230. The number of aryl methyl sites for hydroxylation is 1. The number of fused-ring (bicyclic) bond motifs is 1. The first-order chi connectivity index (χ1) is 15.6. The third kappa shape index (κ3) is 3.53. The number of thioether (sulfide) groups is 2. The number of carbonyl (C=O) groups is 2. The number of anilines is 2. The minimum absolute atomic E-state index is 0.261. The van der Waals surface area contributed by atoms with Crippen LogP contribution in [-0.4, -0.2) is 18.1 Å². The first kappa shape index (κ1) is 20.9. The minimum atomic E-state index is -0.409. The summed E-state index contributed by atoms with van der Waals surface area (Å²) in [5.74, 6) is -0.524. The number of amides is 2. The van der Waals surface area contributed by atoms with Gasteiger partial charge in [0.15, 0.2) is 0 Å². The maximum Gasteiger partial charge on any atom is 0.272 e. The van der Waals surface area contributed by atoms with E-state index in [2.05, 4.69) is 12.2 Å². The molecule has 32 heavy (non-hydrogen) atoms. The number of imide groups is 1. The van der Waals surface area contributed by atoms with Crippen LogP contribution in [0.3, 0.4) is 0 Å². The van der Waals surface area contributed by atoms with Gasteiger partial charge >= 0.3 is 0 Å². The van der Waals surface area contributed by atoms with Crippen LogP contribution >= 0.6 is 23.5 Å². The normalized spacial score (nSPS) is 17.7. The van der Waals surface area contributed by atoms with Crippen LogP contribution in [0.5, 0.6) is 0 Å². The first-order valence-electron chi connectivity index (χ1n) is 10.5. The molecule has 0 radical (unpaired) electrons. The molecule has 2 amide bonds. The number of benzene rings is 3. The van der Waals surface area contributed by atoms with Gasteiger partial charge in [0.25, 0.3) is 11.8 Å². The summed E-state index contributed by atoms with van der Waals surface area (Å²) in [5.41, 5.74) is 4.16. The van der Waals surface area contributed by atoms with Gasteiger partial charge < -0.3 is 5.32 Å². The van der Waals surface area contributed by atoms with Crippen molar-refractivity contribution < 1.29 is 9.59 Å². The molecule has 5 rings (SSSR count). The molecular formula is C26H22N2O2S2. The fraction of sp³-hybridized carbons (Fsp3) is 0.154. The predicted octanol–water partition coefficient (Wildman–Crippen LogP) is 6.06. The third-order valence-corrected chi connectivity index (χ3v) is 7.73. The second kappa shape index (κ2) is 8.52. The molecule has 6 heteroatoms. The fourth-order valence-corrected chi connectivity index (χ4v) is 5.56. The van der Waals surface area contributed by atoms with E-state index in [9.17, 15) is 9.59 Å². The van der Waals surface area contributed by atoms with Crippen molar-refractivity contribution >= 4 is 46.7 Å². The van der Waals surface area contributed by atoms with Crippen LogP contribution in [0.2, 0.25) is 0 Å². The molecule has 0 fully saturated rings. The van der Waals surface area contributed by atoms with Crippen molar-refractivity contribution in [1.29, 1.82) is 0 Å². The van der Waals surface area contributed by atoms with Gasteiger partial charge in [0.1, 0.15) is 0 Å². The molecule has 160 valence electrons. The van der Waals surface area contributed by atoms with E-state index in [-0.39, 0.29) is 11.8 Å². The van der Waals surface area contributed by atoms with Crippen molar-refractivity contribution in [3.05, 3.63) is 94.4 Å². The molecule has 2 aliphatic heterocycles. The largest absolute Gasteiger partial charge is 0.373 e. The predicted molar refractivity (Wildman–Crippen MR) is 132 cm³/mol. The molecule has 0 saturated heterocycles. The maximum absolute atomic E-state index is 13.7. The summed E-state index contributed by atoms with van der Waals surface area (Å²) in [4.78, 5) is 31.1. The lowest BCUT2D eigenvalue weighted by molar-refractivity contribution is -0.120. The highest BCUT2D eigenvalue weighted by molar-refractivity contribution is 8.04. The van der Waals surface area contributed by atoms with Gasteiger partial charge in [-0.3, -0.25) is 9.59 Å². The van der Waals surface area contributed by atoms with Crippen molar-refractivity contribution in [2.45, 2.75) is 29.2 Å². The Balaban J connectivity index is 1.61. The molecule has 4 nitrogen and oxygen atoms in total.